The summed E-state index contributed by atoms with van der Waals surface area (Å²) < 4.78 is 0. The summed E-state index contributed by atoms with van der Waals surface area (Å²) in [6.07, 6.45) is 6.75. The summed E-state index contributed by atoms with van der Waals surface area (Å²) in [5.41, 5.74) is 8.74. The summed E-state index contributed by atoms with van der Waals surface area (Å²) in [6, 6.07) is 41.7. The van der Waals surface area contributed by atoms with E-state index in [0.29, 0.717) is 5.92 Å². The van der Waals surface area contributed by atoms with Crippen LogP contribution in [0.1, 0.15) is 43.6 Å². The number of nitrogens with one attached hydrogen (secondary N) is 1. The van der Waals surface area contributed by atoms with E-state index in [0.717, 1.165) is 11.4 Å². The van der Waals surface area contributed by atoms with E-state index in [9.17, 15) is 0 Å². The summed E-state index contributed by atoms with van der Waals surface area (Å²) in [5.74, 6) is 0.699. The summed E-state index contributed by atoms with van der Waals surface area (Å²) in [5, 5.41) is 6.47. The Balaban J connectivity index is 1.37. The lowest BCUT2D eigenvalue weighted by molar-refractivity contribution is 0.445. The molecule has 0 saturated heterocycles. The molecule has 1 saturated carbocycles. The van der Waals surface area contributed by atoms with E-state index in [4.69, 9.17) is 0 Å². The van der Waals surface area contributed by atoms with Crippen LogP contribution < -0.4 is 5.32 Å². The molecular formula is C34H31N. The van der Waals surface area contributed by atoms with Crippen LogP contribution >= 0.6 is 0 Å². The van der Waals surface area contributed by atoms with E-state index in [1.54, 1.807) is 0 Å². The summed E-state index contributed by atoms with van der Waals surface area (Å²) >= 11 is 0. The number of benzene rings is 5. The Labute approximate surface area is 208 Å². The van der Waals surface area contributed by atoms with Crippen LogP contribution in [-0.2, 0) is 0 Å². The van der Waals surface area contributed by atoms with Gasteiger partial charge >= 0.3 is 0 Å². The highest BCUT2D eigenvalue weighted by atomic mass is 14.9. The van der Waals surface area contributed by atoms with Gasteiger partial charge in [-0.2, -0.15) is 0 Å². The Morgan fingerprint density at radius 1 is 0.514 bits per heavy atom. The van der Waals surface area contributed by atoms with Crippen molar-refractivity contribution in [2.24, 2.45) is 0 Å². The third-order valence-corrected chi connectivity index (χ3v) is 7.47. The van der Waals surface area contributed by atoms with Crippen LogP contribution in [0.3, 0.4) is 0 Å². The van der Waals surface area contributed by atoms with Crippen molar-refractivity contribution >= 4 is 22.1 Å². The fourth-order valence-corrected chi connectivity index (χ4v) is 5.73. The van der Waals surface area contributed by atoms with Crippen LogP contribution in [0.4, 0.5) is 11.4 Å². The van der Waals surface area contributed by atoms with Crippen molar-refractivity contribution in [1.29, 1.82) is 0 Å². The standard InChI is InChI=1S/C34H31N/c1-3-12-25(13-4-1)29-22-23-30(33-20-8-7-19-32(29)33)27-16-11-17-28(24-27)35-34-21-10-9-18-31(34)26-14-5-2-6-15-26/h2,5-11,14-25,35H,1,3-4,12-13H2. The predicted molar refractivity (Wildman–Crippen MR) is 150 cm³/mol. The number of rotatable bonds is 5. The van der Waals surface area contributed by atoms with Gasteiger partial charge in [-0.1, -0.05) is 116 Å². The van der Waals surface area contributed by atoms with Crippen LogP contribution in [0.15, 0.2) is 115 Å². The quantitative estimate of drug-likeness (QED) is 0.279. The molecule has 0 radical (unpaired) electrons. The van der Waals surface area contributed by atoms with Crippen LogP contribution in [0.25, 0.3) is 33.0 Å². The first kappa shape index (κ1) is 21.7. The maximum atomic E-state index is 3.69. The first-order valence-corrected chi connectivity index (χ1v) is 12.9. The van der Waals surface area contributed by atoms with Gasteiger partial charge in [-0.05, 0) is 70.0 Å². The summed E-state index contributed by atoms with van der Waals surface area (Å²) in [7, 11) is 0. The summed E-state index contributed by atoms with van der Waals surface area (Å²) in [6.45, 7) is 0. The Morgan fingerprint density at radius 3 is 2.09 bits per heavy atom. The maximum Gasteiger partial charge on any atom is 0.0463 e. The second-order valence-corrected chi connectivity index (χ2v) is 9.70. The van der Waals surface area contributed by atoms with Crippen LogP contribution in [0, 0.1) is 0 Å². The molecule has 35 heavy (non-hydrogen) atoms. The molecule has 0 aliphatic heterocycles. The molecule has 1 heteroatoms. The van der Waals surface area contributed by atoms with Gasteiger partial charge in [-0.15, -0.1) is 0 Å². The molecule has 0 bridgehead atoms. The minimum Gasteiger partial charge on any atom is -0.355 e. The van der Waals surface area contributed by atoms with E-state index < -0.39 is 0 Å². The Hall–Kier alpha value is -3.84. The highest BCUT2D eigenvalue weighted by molar-refractivity contribution is 5.99. The average molecular weight is 454 g/mol. The second kappa shape index (κ2) is 9.80. The van der Waals surface area contributed by atoms with Crippen molar-refractivity contribution < 1.29 is 0 Å². The van der Waals surface area contributed by atoms with Gasteiger partial charge in [0.15, 0.2) is 0 Å². The molecule has 1 aliphatic rings. The molecule has 5 aromatic carbocycles. The molecule has 0 spiro atoms. The lowest BCUT2D eigenvalue weighted by atomic mass is 9.81. The second-order valence-electron chi connectivity index (χ2n) is 9.70. The van der Waals surface area contributed by atoms with Gasteiger partial charge in [0.05, 0.1) is 0 Å². The van der Waals surface area contributed by atoms with Crippen molar-refractivity contribution in [3.8, 4) is 22.3 Å². The fraction of sp³-hybridized carbons (Fsp3) is 0.176. The largest absolute Gasteiger partial charge is 0.355 e. The zero-order chi connectivity index (χ0) is 23.5. The van der Waals surface area contributed by atoms with Crippen molar-refractivity contribution in [2.45, 2.75) is 38.0 Å². The Morgan fingerprint density at radius 2 is 1.23 bits per heavy atom. The monoisotopic (exact) mass is 453 g/mol. The first-order valence-electron chi connectivity index (χ1n) is 12.9. The SMILES string of the molecule is c1ccc(-c2ccccc2Nc2cccc(-c3ccc(C4CCCCC4)c4ccccc34)c2)cc1. The molecule has 1 aliphatic carbocycles. The lowest BCUT2D eigenvalue weighted by Crippen LogP contribution is -2.05. The fourth-order valence-electron chi connectivity index (χ4n) is 5.73. The molecule has 0 unspecified atom stereocenters. The normalized spacial score (nSPS) is 14.2. The van der Waals surface area contributed by atoms with E-state index in [1.165, 1.54) is 70.7 Å². The molecule has 0 amide bonds. The minimum atomic E-state index is 0.699. The Kier molecular flexibility index (Phi) is 6.07. The molecule has 1 N–H and O–H groups in total. The highest BCUT2D eigenvalue weighted by Crippen LogP contribution is 2.40. The molecule has 0 atom stereocenters. The van der Waals surface area contributed by atoms with E-state index in [-0.39, 0.29) is 0 Å². The molecule has 6 rings (SSSR count). The summed E-state index contributed by atoms with van der Waals surface area (Å²) in [4.78, 5) is 0. The average Bonchev–Trinajstić information content (AvgIpc) is 2.94. The van der Waals surface area contributed by atoms with Gasteiger partial charge in [0.25, 0.3) is 0 Å². The van der Waals surface area contributed by atoms with Gasteiger partial charge in [0.2, 0.25) is 0 Å². The first-order chi connectivity index (χ1) is 17.4. The molecule has 1 nitrogen and oxygen atoms in total. The maximum absolute atomic E-state index is 3.69. The van der Waals surface area contributed by atoms with Crippen molar-refractivity contribution in [2.75, 3.05) is 5.32 Å². The molecule has 0 aromatic heterocycles. The molecule has 0 heterocycles. The van der Waals surface area contributed by atoms with Crippen molar-refractivity contribution in [3.05, 3.63) is 121 Å². The van der Waals surface area contributed by atoms with E-state index >= 15 is 0 Å². The Bertz CT molecular complexity index is 1440. The van der Waals surface area contributed by atoms with Gasteiger partial charge in [-0.3, -0.25) is 0 Å². The smallest absolute Gasteiger partial charge is 0.0463 e. The lowest BCUT2D eigenvalue weighted by Gasteiger charge is -2.24. The van der Waals surface area contributed by atoms with Gasteiger partial charge < -0.3 is 5.32 Å². The third kappa shape index (κ3) is 4.47. The number of fused-ring (bicyclic) bond motifs is 1. The zero-order valence-electron chi connectivity index (χ0n) is 20.1. The molecule has 172 valence electrons. The van der Waals surface area contributed by atoms with Crippen LogP contribution in [-0.4, -0.2) is 0 Å². The topological polar surface area (TPSA) is 12.0 Å². The number of anilines is 2. The zero-order valence-corrected chi connectivity index (χ0v) is 20.1. The molecule has 1 fully saturated rings. The van der Waals surface area contributed by atoms with Crippen LogP contribution in [0.2, 0.25) is 0 Å². The minimum absolute atomic E-state index is 0.699. The van der Waals surface area contributed by atoms with E-state index in [1.807, 2.05) is 0 Å². The van der Waals surface area contributed by atoms with Crippen molar-refractivity contribution in [1.82, 2.24) is 0 Å². The van der Waals surface area contributed by atoms with Gasteiger partial charge in [-0.25, -0.2) is 0 Å². The number of hydrogen-bond donors (Lipinski definition) is 1. The third-order valence-electron chi connectivity index (χ3n) is 7.47. The van der Waals surface area contributed by atoms with E-state index in [2.05, 4.69) is 121 Å². The van der Waals surface area contributed by atoms with Crippen molar-refractivity contribution in [3.63, 3.8) is 0 Å². The van der Waals surface area contributed by atoms with Crippen LogP contribution in [0.5, 0.6) is 0 Å². The van der Waals surface area contributed by atoms with Gasteiger partial charge in [0, 0.05) is 16.9 Å². The highest BCUT2D eigenvalue weighted by Gasteiger charge is 2.19. The number of para-hydroxylation sites is 1. The van der Waals surface area contributed by atoms with Gasteiger partial charge in [0.1, 0.15) is 0 Å². The number of hydrogen-bond acceptors (Lipinski definition) is 1. The molecular weight excluding hydrogens is 422 g/mol. The predicted octanol–water partition coefficient (Wildman–Crippen LogP) is 9.97. The molecule has 5 aromatic rings.